The number of aromatic nitrogens is 3. The molecule has 1 aliphatic rings. The summed E-state index contributed by atoms with van der Waals surface area (Å²) in [5.41, 5.74) is 5.61. The zero-order valence-corrected chi connectivity index (χ0v) is 17.0. The van der Waals surface area contributed by atoms with Gasteiger partial charge in [0.15, 0.2) is 5.82 Å². The fourth-order valence-electron chi connectivity index (χ4n) is 3.83. The quantitative estimate of drug-likeness (QED) is 0.724. The van der Waals surface area contributed by atoms with E-state index in [-0.39, 0.29) is 5.82 Å². The number of piperazine rings is 1. The lowest BCUT2D eigenvalue weighted by molar-refractivity contribution is 0.624. The lowest BCUT2D eigenvalue weighted by Crippen LogP contribution is -2.46. The first kappa shape index (κ1) is 19.1. The van der Waals surface area contributed by atoms with Crippen molar-refractivity contribution >= 4 is 23.1 Å². The summed E-state index contributed by atoms with van der Waals surface area (Å²) in [7, 11) is 0. The highest BCUT2D eigenvalue weighted by Gasteiger charge is 2.19. The third kappa shape index (κ3) is 4.29. The Labute approximate surface area is 170 Å². The van der Waals surface area contributed by atoms with Gasteiger partial charge in [-0.15, -0.1) is 5.10 Å². The number of rotatable bonds is 4. The van der Waals surface area contributed by atoms with Crippen LogP contribution in [0.3, 0.4) is 0 Å². The summed E-state index contributed by atoms with van der Waals surface area (Å²) in [5.74, 6) is 1.10. The van der Waals surface area contributed by atoms with E-state index >= 15 is 0 Å². The number of benzene rings is 2. The van der Waals surface area contributed by atoms with Gasteiger partial charge in [0.05, 0.1) is 6.20 Å². The SMILES string of the molecule is Cc1cc(C)c(Nc2nncc(N3CCN(c4ccc(F)cc4)CC3)n2)c(C)c1. The van der Waals surface area contributed by atoms with E-state index in [0.29, 0.717) is 5.95 Å². The van der Waals surface area contributed by atoms with Crippen LogP contribution < -0.4 is 15.1 Å². The molecule has 4 rings (SSSR count). The maximum atomic E-state index is 13.1. The Morgan fingerprint density at radius 2 is 1.52 bits per heavy atom. The molecule has 0 saturated carbocycles. The second-order valence-corrected chi connectivity index (χ2v) is 7.49. The third-order valence-electron chi connectivity index (χ3n) is 5.26. The Hall–Kier alpha value is -3.22. The van der Waals surface area contributed by atoms with Crippen LogP contribution in [0.4, 0.5) is 27.5 Å². The number of hydrogen-bond donors (Lipinski definition) is 1. The maximum absolute atomic E-state index is 13.1. The number of anilines is 4. The van der Waals surface area contributed by atoms with Crippen LogP contribution in [0.1, 0.15) is 16.7 Å². The highest BCUT2D eigenvalue weighted by atomic mass is 19.1. The average molecular weight is 392 g/mol. The van der Waals surface area contributed by atoms with Crippen molar-refractivity contribution in [3.63, 3.8) is 0 Å². The zero-order chi connectivity index (χ0) is 20.4. The van der Waals surface area contributed by atoms with Crippen molar-refractivity contribution < 1.29 is 4.39 Å². The second-order valence-electron chi connectivity index (χ2n) is 7.49. The van der Waals surface area contributed by atoms with Gasteiger partial charge in [-0.3, -0.25) is 0 Å². The van der Waals surface area contributed by atoms with E-state index < -0.39 is 0 Å². The molecule has 29 heavy (non-hydrogen) atoms. The molecule has 1 aromatic heterocycles. The van der Waals surface area contributed by atoms with Gasteiger partial charge in [0.2, 0.25) is 5.95 Å². The largest absolute Gasteiger partial charge is 0.368 e. The van der Waals surface area contributed by atoms with Crippen molar-refractivity contribution in [2.75, 3.05) is 41.3 Å². The van der Waals surface area contributed by atoms with Crippen molar-refractivity contribution in [3.8, 4) is 0 Å². The third-order valence-corrected chi connectivity index (χ3v) is 5.26. The maximum Gasteiger partial charge on any atom is 0.249 e. The number of nitrogens with zero attached hydrogens (tertiary/aromatic N) is 5. The second kappa shape index (κ2) is 8.03. The predicted octanol–water partition coefficient (Wildman–Crippen LogP) is 4.01. The summed E-state index contributed by atoms with van der Waals surface area (Å²) < 4.78 is 13.1. The van der Waals surface area contributed by atoms with Gasteiger partial charge in [0.1, 0.15) is 5.82 Å². The molecule has 7 heteroatoms. The number of halogens is 1. The molecule has 0 unspecified atom stereocenters. The molecule has 150 valence electrons. The van der Waals surface area contributed by atoms with Gasteiger partial charge in [-0.2, -0.15) is 10.1 Å². The summed E-state index contributed by atoms with van der Waals surface area (Å²) >= 11 is 0. The fraction of sp³-hybridized carbons (Fsp3) is 0.318. The van der Waals surface area contributed by atoms with E-state index in [9.17, 15) is 4.39 Å². The molecule has 1 aliphatic heterocycles. The van der Waals surface area contributed by atoms with Gasteiger partial charge >= 0.3 is 0 Å². The van der Waals surface area contributed by atoms with Crippen LogP contribution >= 0.6 is 0 Å². The lowest BCUT2D eigenvalue weighted by Gasteiger charge is -2.36. The molecule has 1 fully saturated rings. The summed E-state index contributed by atoms with van der Waals surface area (Å²) in [6, 6.07) is 10.9. The zero-order valence-electron chi connectivity index (χ0n) is 17.0. The van der Waals surface area contributed by atoms with E-state index in [0.717, 1.165) is 54.5 Å². The molecule has 0 spiro atoms. The first-order valence-corrected chi connectivity index (χ1v) is 9.79. The highest BCUT2D eigenvalue weighted by molar-refractivity contribution is 5.64. The normalized spacial score (nSPS) is 14.2. The fourth-order valence-corrected chi connectivity index (χ4v) is 3.83. The lowest BCUT2D eigenvalue weighted by atomic mass is 10.1. The van der Waals surface area contributed by atoms with E-state index in [1.807, 2.05) is 12.1 Å². The smallest absolute Gasteiger partial charge is 0.249 e. The Bertz CT molecular complexity index is 973. The van der Waals surface area contributed by atoms with Crippen LogP contribution in [-0.2, 0) is 0 Å². The summed E-state index contributed by atoms with van der Waals surface area (Å²) in [6.07, 6.45) is 1.70. The van der Waals surface area contributed by atoms with Crippen molar-refractivity contribution in [2.45, 2.75) is 20.8 Å². The van der Waals surface area contributed by atoms with E-state index in [2.05, 4.69) is 63.2 Å². The number of hydrogen-bond acceptors (Lipinski definition) is 6. The topological polar surface area (TPSA) is 57.2 Å². The monoisotopic (exact) mass is 392 g/mol. The molecule has 2 aromatic carbocycles. The number of nitrogens with one attached hydrogen (secondary N) is 1. The van der Waals surface area contributed by atoms with E-state index in [4.69, 9.17) is 0 Å². The molecular formula is C22H25FN6. The van der Waals surface area contributed by atoms with Crippen molar-refractivity contribution in [2.24, 2.45) is 0 Å². The molecule has 0 bridgehead atoms. The van der Waals surface area contributed by atoms with Gasteiger partial charge in [-0.05, 0) is 56.2 Å². The van der Waals surface area contributed by atoms with Crippen molar-refractivity contribution in [1.29, 1.82) is 0 Å². The summed E-state index contributed by atoms with van der Waals surface area (Å²) in [6.45, 7) is 9.57. The molecule has 1 N–H and O–H groups in total. The minimum absolute atomic E-state index is 0.210. The first-order valence-electron chi connectivity index (χ1n) is 9.79. The Morgan fingerprint density at radius 1 is 0.897 bits per heavy atom. The minimum atomic E-state index is -0.210. The Balaban J connectivity index is 1.45. The van der Waals surface area contributed by atoms with Crippen LogP contribution in [0, 0.1) is 26.6 Å². The van der Waals surface area contributed by atoms with Gasteiger partial charge in [0.25, 0.3) is 0 Å². The van der Waals surface area contributed by atoms with Gasteiger partial charge in [-0.25, -0.2) is 4.39 Å². The summed E-state index contributed by atoms with van der Waals surface area (Å²) in [4.78, 5) is 9.13. The first-order chi connectivity index (χ1) is 14.0. The van der Waals surface area contributed by atoms with E-state index in [1.54, 1.807) is 6.20 Å². The van der Waals surface area contributed by atoms with Gasteiger partial charge in [-0.1, -0.05) is 17.7 Å². The standard InChI is InChI=1S/C22H25FN6/c1-15-12-16(2)21(17(3)13-15)26-22-25-20(14-24-27-22)29-10-8-28(9-11-29)19-6-4-18(23)5-7-19/h4-7,12-14H,8-11H2,1-3H3,(H,25,26,27). The number of aryl methyl sites for hydroxylation is 3. The molecule has 0 radical (unpaired) electrons. The minimum Gasteiger partial charge on any atom is -0.368 e. The van der Waals surface area contributed by atoms with Crippen LogP contribution in [0.5, 0.6) is 0 Å². The predicted molar refractivity (Wildman–Crippen MR) is 115 cm³/mol. The molecule has 2 heterocycles. The van der Waals surface area contributed by atoms with Crippen molar-refractivity contribution in [1.82, 2.24) is 15.2 Å². The molecular weight excluding hydrogens is 367 g/mol. The Kier molecular flexibility index (Phi) is 5.29. The van der Waals surface area contributed by atoms with Crippen LogP contribution in [0.15, 0.2) is 42.6 Å². The molecule has 0 amide bonds. The van der Waals surface area contributed by atoms with Crippen LogP contribution in [-0.4, -0.2) is 41.4 Å². The van der Waals surface area contributed by atoms with E-state index in [1.165, 1.54) is 17.7 Å². The van der Waals surface area contributed by atoms with Gasteiger partial charge < -0.3 is 15.1 Å². The van der Waals surface area contributed by atoms with Gasteiger partial charge in [0, 0.05) is 37.6 Å². The van der Waals surface area contributed by atoms with Crippen LogP contribution in [0.2, 0.25) is 0 Å². The summed E-state index contributed by atoms with van der Waals surface area (Å²) in [5, 5.41) is 11.6. The molecule has 3 aromatic rings. The average Bonchev–Trinajstić information content (AvgIpc) is 2.72. The molecule has 0 atom stereocenters. The van der Waals surface area contributed by atoms with Crippen molar-refractivity contribution in [3.05, 3.63) is 65.1 Å². The van der Waals surface area contributed by atoms with Crippen LogP contribution in [0.25, 0.3) is 0 Å². The Morgan fingerprint density at radius 3 is 2.17 bits per heavy atom. The molecule has 6 nitrogen and oxygen atoms in total. The molecule has 0 aliphatic carbocycles. The highest BCUT2D eigenvalue weighted by Crippen LogP contribution is 2.25. The molecule has 1 saturated heterocycles.